The van der Waals surface area contributed by atoms with Crippen molar-refractivity contribution in [3.63, 3.8) is 0 Å². The molecule has 0 amide bonds. The fraction of sp³-hybridized carbons (Fsp3) is 0.417. The lowest BCUT2D eigenvalue weighted by atomic mass is 10.3. The molecule has 0 fully saturated rings. The van der Waals surface area contributed by atoms with E-state index in [-0.39, 0.29) is 17.6 Å². The van der Waals surface area contributed by atoms with E-state index >= 15 is 0 Å². The molecule has 0 saturated heterocycles. The van der Waals surface area contributed by atoms with Gasteiger partial charge in [0.05, 0.1) is 18.2 Å². The smallest absolute Gasteiger partial charge is 0.201 e. The number of imidazole rings is 1. The number of benzene rings is 1. The number of aromatic nitrogens is 2. The Morgan fingerprint density at radius 2 is 2.17 bits per heavy atom. The Morgan fingerprint density at radius 3 is 2.83 bits per heavy atom. The van der Waals surface area contributed by atoms with E-state index in [0.717, 1.165) is 6.07 Å². The van der Waals surface area contributed by atoms with E-state index in [0.29, 0.717) is 18.7 Å². The fourth-order valence-electron chi connectivity index (χ4n) is 1.95. The highest BCUT2D eigenvalue weighted by Gasteiger charge is 2.17. The molecule has 18 heavy (non-hydrogen) atoms. The summed E-state index contributed by atoms with van der Waals surface area (Å²) in [6, 6.07) is 2.45. The summed E-state index contributed by atoms with van der Waals surface area (Å²) in [5.74, 6) is -1.69. The summed E-state index contributed by atoms with van der Waals surface area (Å²) in [5.41, 5.74) is 6.15. The number of fused-ring (bicyclic) bond motifs is 1. The third-order valence-electron chi connectivity index (χ3n) is 2.72. The Labute approximate surface area is 103 Å². The molecule has 1 aromatic heterocycles. The molecule has 1 aromatic carbocycles. The van der Waals surface area contributed by atoms with Crippen LogP contribution in [0.25, 0.3) is 11.0 Å². The van der Waals surface area contributed by atoms with Gasteiger partial charge in [-0.15, -0.1) is 0 Å². The van der Waals surface area contributed by atoms with Gasteiger partial charge in [-0.1, -0.05) is 0 Å². The SMILES string of the molecule is CCOC(C)Cn1c(N)nc2ccc(F)c(F)c21. The average molecular weight is 255 g/mol. The summed E-state index contributed by atoms with van der Waals surface area (Å²) in [6.07, 6.45) is -0.155. The van der Waals surface area contributed by atoms with Crippen molar-refractivity contribution in [3.05, 3.63) is 23.8 Å². The minimum atomic E-state index is -0.930. The number of hydrogen-bond acceptors (Lipinski definition) is 3. The van der Waals surface area contributed by atoms with E-state index in [9.17, 15) is 8.78 Å². The summed E-state index contributed by atoms with van der Waals surface area (Å²) in [6.45, 7) is 4.58. The van der Waals surface area contributed by atoms with E-state index < -0.39 is 11.6 Å². The monoisotopic (exact) mass is 255 g/mol. The van der Waals surface area contributed by atoms with E-state index in [4.69, 9.17) is 10.5 Å². The highest BCUT2D eigenvalue weighted by atomic mass is 19.2. The quantitative estimate of drug-likeness (QED) is 0.912. The third-order valence-corrected chi connectivity index (χ3v) is 2.72. The van der Waals surface area contributed by atoms with Crippen molar-refractivity contribution in [1.82, 2.24) is 9.55 Å². The number of anilines is 1. The summed E-state index contributed by atoms with van der Waals surface area (Å²) < 4.78 is 33.8. The Morgan fingerprint density at radius 1 is 1.44 bits per heavy atom. The average Bonchev–Trinajstić information content (AvgIpc) is 2.62. The number of nitrogen functional groups attached to an aromatic ring is 1. The van der Waals surface area contributed by atoms with Crippen LogP contribution in [-0.4, -0.2) is 22.3 Å². The van der Waals surface area contributed by atoms with Crippen LogP contribution >= 0.6 is 0 Å². The van der Waals surface area contributed by atoms with Crippen LogP contribution in [0.1, 0.15) is 13.8 Å². The van der Waals surface area contributed by atoms with Crippen LogP contribution in [0.15, 0.2) is 12.1 Å². The highest BCUT2D eigenvalue weighted by molar-refractivity contribution is 5.79. The van der Waals surface area contributed by atoms with Crippen LogP contribution in [0.2, 0.25) is 0 Å². The first-order valence-corrected chi connectivity index (χ1v) is 5.76. The summed E-state index contributed by atoms with van der Waals surface area (Å²) in [7, 11) is 0. The lowest BCUT2D eigenvalue weighted by Crippen LogP contribution is -2.18. The minimum Gasteiger partial charge on any atom is -0.377 e. The molecule has 4 nitrogen and oxygen atoms in total. The van der Waals surface area contributed by atoms with Crippen molar-refractivity contribution in [3.8, 4) is 0 Å². The van der Waals surface area contributed by atoms with Gasteiger partial charge < -0.3 is 15.0 Å². The number of rotatable bonds is 4. The van der Waals surface area contributed by atoms with Crippen LogP contribution < -0.4 is 5.73 Å². The van der Waals surface area contributed by atoms with Gasteiger partial charge in [0.2, 0.25) is 5.95 Å². The van der Waals surface area contributed by atoms with Crippen molar-refractivity contribution < 1.29 is 13.5 Å². The maximum atomic E-state index is 13.8. The Kier molecular flexibility index (Phi) is 3.47. The molecule has 1 unspecified atom stereocenters. The molecular formula is C12H15F2N3O. The second kappa shape index (κ2) is 4.89. The van der Waals surface area contributed by atoms with Crippen molar-refractivity contribution in [2.75, 3.05) is 12.3 Å². The van der Waals surface area contributed by atoms with Crippen molar-refractivity contribution >= 4 is 17.0 Å². The predicted octanol–water partition coefficient (Wildman–Crippen LogP) is 2.32. The Hall–Kier alpha value is -1.69. The first-order chi connectivity index (χ1) is 8.54. The number of ether oxygens (including phenoxy) is 1. The standard InChI is InChI=1S/C12H15F2N3O/c1-3-18-7(2)6-17-11-9(16-12(17)15)5-4-8(13)10(11)14/h4-5,7H,3,6H2,1-2H3,(H2,15,16). The molecular weight excluding hydrogens is 240 g/mol. The first kappa shape index (κ1) is 12.8. The molecule has 6 heteroatoms. The second-order valence-electron chi connectivity index (χ2n) is 4.08. The predicted molar refractivity (Wildman–Crippen MR) is 65.1 cm³/mol. The van der Waals surface area contributed by atoms with Crippen LogP contribution in [0.3, 0.4) is 0 Å². The van der Waals surface area contributed by atoms with E-state index in [1.54, 1.807) is 0 Å². The van der Waals surface area contributed by atoms with E-state index in [2.05, 4.69) is 4.98 Å². The molecule has 2 aromatic rings. The van der Waals surface area contributed by atoms with Gasteiger partial charge in [-0.2, -0.15) is 0 Å². The number of halogens is 2. The molecule has 0 saturated carbocycles. The van der Waals surface area contributed by atoms with Gasteiger partial charge in [-0.05, 0) is 26.0 Å². The molecule has 1 atom stereocenters. The zero-order valence-corrected chi connectivity index (χ0v) is 10.3. The maximum Gasteiger partial charge on any atom is 0.201 e. The van der Waals surface area contributed by atoms with Crippen LogP contribution in [-0.2, 0) is 11.3 Å². The van der Waals surface area contributed by atoms with Gasteiger partial charge in [-0.3, -0.25) is 0 Å². The van der Waals surface area contributed by atoms with Gasteiger partial charge in [0.25, 0.3) is 0 Å². The molecule has 0 aliphatic carbocycles. The molecule has 2 N–H and O–H groups in total. The molecule has 0 bridgehead atoms. The molecule has 0 aliphatic heterocycles. The molecule has 98 valence electrons. The van der Waals surface area contributed by atoms with Crippen molar-refractivity contribution in [1.29, 1.82) is 0 Å². The summed E-state index contributed by atoms with van der Waals surface area (Å²) in [4.78, 5) is 4.01. The third kappa shape index (κ3) is 2.15. The number of hydrogen-bond donors (Lipinski definition) is 1. The molecule has 2 rings (SSSR count). The number of nitrogens with two attached hydrogens (primary N) is 1. The summed E-state index contributed by atoms with van der Waals surface area (Å²) in [5, 5.41) is 0. The van der Waals surface area contributed by atoms with E-state index in [1.807, 2.05) is 13.8 Å². The first-order valence-electron chi connectivity index (χ1n) is 5.76. The van der Waals surface area contributed by atoms with Gasteiger partial charge in [0, 0.05) is 6.61 Å². The lowest BCUT2D eigenvalue weighted by Gasteiger charge is -2.14. The minimum absolute atomic E-state index is 0.0825. The number of nitrogens with zero attached hydrogens (tertiary/aromatic N) is 2. The van der Waals surface area contributed by atoms with Crippen molar-refractivity contribution in [2.45, 2.75) is 26.5 Å². The van der Waals surface area contributed by atoms with Crippen LogP contribution in [0.5, 0.6) is 0 Å². The summed E-state index contributed by atoms with van der Waals surface area (Å²) >= 11 is 0. The fourth-order valence-corrected chi connectivity index (χ4v) is 1.95. The van der Waals surface area contributed by atoms with Gasteiger partial charge in [0.1, 0.15) is 5.52 Å². The van der Waals surface area contributed by atoms with Gasteiger partial charge in [-0.25, -0.2) is 13.8 Å². The highest BCUT2D eigenvalue weighted by Crippen LogP contribution is 2.23. The zero-order chi connectivity index (χ0) is 13.3. The molecule has 0 aliphatic rings. The largest absolute Gasteiger partial charge is 0.377 e. The van der Waals surface area contributed by atoms with Crippen molar-refractivity contribution in [2.24, 2.45) is 0 Å². The molecule has 0 radical (unpaired) electrons. The zero-order valence-electron chi connectivity index (χ0n) is 10.3. The molecule has 0 spiro atoms. The Balaban J connectivity index is 2.49. The maximum absolute atomic E-state index is 13.8. The van der Waals surface area contributed by atoms with E-state index in [1.165, 1.54) is 10.6 Å². The normalized spacial score (nSPS) is 13.1. The van der Waals surface area contributed by atoms with Crippen LogP contribution in [0, 0.1) is 11.6 Å². The van der Waals surface area contributed by atoms with Gasteiger partial charge in [0.15, 0.2) is 11.6 Å². The van der Waals surface area contributed by atoms with Crippen LogP contribution in [0.4, 0.5) is 14.7 Å². The lowest BCUT2D eigenvalue weighted by molar-refractivity contribution is 0.0651. The van der Waals surface area contributed by atoms with Gasteiger partial charge >= 0.3 is 0 Å². The topological polar surface area (TPSA) is 53.1 Å². The second-order valence-corrected chi connectivity index (χ2v) is 4.08. The molecule has 1 heterocycles. The Bertz CT molecular complexity index is 568.